The number of carbonyl (C=O) groups excluding carboxylic acids is 1. The van der Waals surface area contributed by atoms with E-state index < -0.39 is 14.3 Å². The van der Waals surface area contributed by atoms with E-state index in [9.17, 15) is 9.18 Å². The third-order valence-electron chi connectivity index (χ3n) is 5.74. The monoisotopic (exact) mass is 431 g/mol. The molecule has 0 aliphatic carbocycles. The summed E-state index contributed by atoms with van der Waals surface area (Å²) in [5, 5.41) is 2.93. The zero-order valence-electron chi connectivity index (χ0n) is 18.3. The second kappa shape index (κ2) is 8.59. The molecule has 1 saturated heterocycles. The third kappa shape index (κ3) is 5.27. The molecule has 0 saturated carbocycles. The standard InChI is InChI=1S/C21H30FN5O2Si/c1-21(2,3)30(4,5)29-16-9-10-18(23-15-16)25-20(28)27-13-11-26(12-14-27)19-8-6-7-17(22)24-19/h6-10,15H,11-14H2,1-5H3,(H,23,25,28). The molecular formula is C21H30FN5O2Si. The molecule has 0 atom stereocenters. The van der Waals surface area contributed by atoms with Crippen molar-refractivity contribution in [2.75, 3.05) is 36.4 Å². The number of piperazine rings is 1. The smallest absolute Gasteiger partial charge is 0.323 e. The first-order chi connectivity index (χ1) is 14.0. The lowest BCUT2D eigenvalue weighted by Gasteiger charge is -2.36. The Bertz CT molecular complexity index is 878. The van der Waals surface area contributed by atoms with Crippen molar-refractivity contribution in [3.8, 4) is 5.75 Å². The SMILES string of the molecule is CC(C)(C)[Si](C)(C)Oc1ccc(NC(=O)N2CCN(c3cccc(F)n3)CC2)nc1. The van der Waals surface area contributed by atoms with E-state index in [0.717, 1.165) is 5.75 Å². The molecule has 0 radical (unpaired) electrons. The number of hydrogen-bond acceptors (Lipinski definition) is 5. The first-order valence-corrected chi connectivity index (χ1v) is 13.0. The molecule has 1 fully saturated rings. The molecule has 7 nitrogen and oxygen atoms in total. The van der Waals surface area contributed by atoms with Gasteiger partial charge >= 0.3 is 6.03 Å². The van der Waals surface area contributed by atoms with Crippen LogP contribution in [0.15, 0.2) is 36.5 Å². The number of nitrogens with zero attached hydrogens (tertiary/aromatic N) is 4. The van der Waals surface area contributed by atoms with Crippen molar-refractivity contribution >= 4 is 26.0 Å². The molecule has 2 aromatic heterocycles. The Morgan fingerprint density at radius 1 is 1.13 bits per heavy atom. The lowest BCUT2D eigenvalue weighted by molar-refractivity contribution is 0.208. The van der Waals surface area contributed by atoms with Gasteiger partial charge in [0.25, 0.3) is 8.32 Å². The van der Waals surface area contributed by atoms with E-state index in [1.165, 1.54) is 6.07 Å². The minimum Gasteiger partial charge on any atom is -0.542 e. The van der Waals surface area contributed by atoms with Crippen LogP contribution >= 0.6 is 0 Å². The highest BCUT2D eigenvalue weighted by molar-refractivity contribution is 6.74. The normalized spacial score (nSPS) is 15.1. The van der Waals surface area contributed by atoms with Crippen molar-refractivity contribution in [1.82, 2.24) is 14.9 Å². The van der Waals surface area contributed by atoms with Crippen molar-refractivity contribution in [3.63, 3.8) is 0 Å². The van der Waals surface area contributed by atoms with Crippen molar-refractivity contribution in [3.05, 3.63) is 42.5 Å². The number of urea groups is 1. The van der Waals surface area contributed by atoms with Crippen LogP contribution in [0, 0.1) is 5.95 Å². The molecular weight excluding hydrogens is 401 g/mol. The maximum atomic E-state index is 13.3. The molecule has 30 heavy (non-hydrogen) atoms. The predicted octanol–water partition coefficient (Wildman–Crippen LogP) is 4.35. The molecule has 3 rings (SSSR count). The quantitative estimate of drug-likeness (QED) is 0.576. The van der Waals surface area contributed by atoms with Crippen LogP contribution in [0.5, 0.6) is 5.75 Å². The molecule has 2 aromatic rings. The summed E-state index contributed by atoms with van der Waals surface area (Å²) in [5.74, 6) is 1.29. The molecule has 3 heterocycles. The molecule has 1 N–H and O–H groups in total. The highest BCUT2D eigenvalue weighted by Crippen LogP contribution is 2.37. The van der Waals surface area contributed by atoms with Crippen LogP contribution in [0.1, 0.15) is 20.8 Å². The number of rotatable bonds is 4. The maximum Gasteiger partial charge on any atom is 0.323 e. The Morgan fingerprint density at radius 3 is 2.40 bits per heavy atom. The number of pyridine rings is 2. The fourth-order valence-electron chi connectivity index (χ4n) is 2.86. The first kappa shape index (κ1) is 22.0. The Labute approximate surface area is 178 Å². The van der Waals surface area contributed by atoms with Gasteiger partial charge in [-0.05, 0) is 42.4 Å². The van der Waals surface area contributed by atoms with E-state index in [0.29, 0.717) is 37.8 Å². The summed E-state index contributed by atoms with van der Waals surface area (Å²) in [5.41, 5.74) is 0. The van der Waals surface area contributed by atoms with Gasteiger partial charge in [-0.25, -0.2) is 14.8 Å². The van der Waals surface area contributed by atoms with Crippen molar-refractivity contribution in [1.29, 1.82) is 0 Å². The number of carbonyl (C=O) groups is 1. The average molecular weight is 432 g/mol. The van der Waals surface area contributed by atoms with Gasteiger partial charge in [0.2, 0.25) is 5.95 Å². The lowest BCUT2D eigenvalue weighted by Crippen LogP contribution is -2.50. The fourth-order valence-corrected chi connectivity index (χ4v) is 3.88. The van der Waals surface area contributed by atoms with Gasteiger partial charge in [-0.2, -0.15) is 4.39 Å². The second-order valence-electron chi connectivity index (χ2n) is 8.96. The molecule has 1 aliphatic heterocycles. The fraction of sp³-hybridized carbons (Fsp3) is 0.476. The van der Waals surface area contributed by atoms with Gasteiger partial charge in [-0.15, -0.1) is 0 Å². The van der Waals surface area contributed by atoms with Crippen LogP contribution in [0.25, 0.3) is 0 Å². The van der Waals surface area contributed by atoms with E-state index in [4.69, 9.17) is 4.43 Å². The number of anilines is 2. The molecule has 9 heteroatoms. The number of amides is 2. The summed E-state index contributed by atoms with van der Waals surface area (Å²) in [6.45, 7) is 13.2. The van der Waals surface area contributed by atoms with Crippen LogP contribution in [-0.4, -0.2) is 55.4 Å². The largest absolute Gasteiger partial charge is 0.542 e. The van der Waals surface area contributed by atoms with Crippen LogP contribution in [0.2, 0.25) is 18.1 Å². The van der Waals surface area contributed by atoms with E-state index in [1.807, 2.05) is 11.0 Å². The number of nitrogens with one attached hydrogen (secondary N) is 1. The molecule has 2 amide bonds. The number of halogens is 1. The number of hydrogen-bond donors (Lipinski definition) is 1. The van der Waals surface area contributed by atoms with Crippen LogP contribution < -0.4 is 14.6 Å². The molecule has 1 aliphatic rings. The van der Waals surface area contributed by atoms with E-state index in [2.05, 4.69) is 49.1 Å². The highest BCUT2D eigenvalue weighted by Gasteiger charge is 2.39. The minimum atomic E-state index is -1.93. The summed E-state index contributed by atoms with van der Waals surface area (Å²) in [4.78, 5) is 24.5. The van der Waals surface area contributed by atoms with Gasteiger partial charge in [0, 0.05) is 26.2 Å². The summed E-state index contributed by atoms with van der Waals surface area (Å²) in [7, 11) is -1.93. The Morgan fingerprint density at radius 2 is 1.83 bits per heavy atom. The summed E-state index contributed by atoms with van der Waals surface area (Å²) < 4.78 is 19.5. The Balaban J connectivity index is 1.53. The van der Waals surface area contributed by atoms with Gasteiger partial charge in [0.1, 0.15) is 17.4 Å². The summed E-state index contributed by atoms with van der Waals surface area (Å²) >= 11 is 0. The molecule has 0 aromatic carbocycles. The topological polar surface area (TPSA) is 70.6 Å². The Hall–Kier alpha value is -2.68. The molecule has 162 valence electrons. The first-order valence-electron chi connectivity index (χ1n) is 10.1. The van der Waals surface area contributed by atoms with Gasteiger partial charge in [0.05, 0.1) is 6.20 Å². The molecule has 0 unspecified atom stereocenters. The van der Waals surface area contributed by atoms with Crippen LogP contribution in [0.3, 0.4) is 0 Å². The van der Waals surface area contributed by atoms with Crippen molar-refractivity contribution in [2.24, 2.45) is 0 Å². The third-order valence-corrected chi connectivity index (χ3v) is 10.1. The van der Waals surface area contributed by atoms with E-state index in [-0.39, 0.29) is 11.1 Å². The van der Waals surface area contributed by atoms with Crippen molar-refractivity contribution < 1.29 is 13.6 Å². The predicted molar refractivity (Wildman–Crippen MR) is 119 cm³/mol. The van der Waals surface area contributed by atoms with Gasteiger partial charge in [0.15, 0.2) is 0 Å². The van der Waals surface area contributed by atoms with Gasteiger partial charge in [-0.1, -0.05) is 26.8 Å². The van der Waals surface area contributed by atoms with Gasteiger partial charge in [-0.3, -0.25) is 5.32 Å². The minimum absolute atomic E-state index is 0.100. The zero-order valence-corrected chi connectivity index (χ0v) is 19.3. The molecule has 0 bridgehead atoms. The lowest BCUT2D eigenvalue weighted by atomic mass is 10.2. The highest BCUT2D eigenvalue weighted by atomic mass is 28.4. The van der Waals surface area contributed by atoms with Gasteiger partial charge < -0.3 is 14.2 Å². The zero-order chi connectivity index (χ0) is 21.9. The molecule has 0 spiro atoms. The average Bonchev–Trinajstić information content (AvgIpc) is 2.68. The number of aromatic nitrogens is 2. The van der Waals surface area contributed by atoms with Crippen LogP contribution in [-0.2, 0) is 0 Å². The second-order valence-corrected chi connectivity index (χ2v) is 13.7. The van der Waals surface area contributed by atoms with Crippen LogP contribution in [0.4, 0.5) is 20.8 Å². The van der Waals surface area contributed by atoms with Crippen molar-refractivity contribution in [2.45, 2.75) is 38.9 Å². The Kier molecular flexibility index (Phi) is 6.30. The maximum absolute atomic E-state index is 13.3. The summed E-state index contributed by atoms with van der Waals surface area (Å²) in [6, 6.07) is 8.14. The van der Waals surface area contributed by atoms with E-state index in [1.54, 1.807) is 29.3 Å². The summed E-state index contributed by atoms with van der Waals surface area (Å²) in [6.07, 6.45) is 1.66. The van der Waals surface area contributed by atoms with E-state index >= 15 is 0 Å².